The largest absolute Gasteiger partial charge is 0.354 e. The van der Waals surface area contributed by atoms with Gasteiger partial charge in [0.25, 0.3) is 5.91 Å². The Morgan fingerprint density at radius 3 is 2.62 bits per heavy atom. The summed E-state index contributed by atoms with van der Waals surface area (Å²) in [6, 6.07) is 9.63. The van der Waals surface area contributed by atoms with Crippen LogP contribution in [0.3, 0.4) is 0 Å². The maximum Gasteiger partial charge on any atom is 0.257 e. The average molecular weight is 431 g/mol. The number of aromatic nitrogens is 2. The summed E-state index contributed by atoms with van der Waals surface area (Å²) in [6.07, 6.45) is 4.91. The van der Waals surface area contributed by atoms with E-state index in [1.54, 1.807) is 6.20 Å². The molecule has 0 radical (unpaired) electrons. The number of hydrogen-bond acceptors (Lipinski definition) is 4. The van der Waals surface area contributed by atoms with E-state index in [2.05, 4.69) is 15.3 Å². The lowest BCUT2D eigenvalue weighted by Crippen LogP contribution is -2.36. The maximum atomic E-state index is 13.3. The number of likely N-dealkylation sites (tertiary alicyclic amines) is 1. The summed E-state index contributed by atoms with van der Waals surface area (Å²) in [5, 5.41) is 4.96. The normalized spacial score (nSPS) is 13.8. The lowest BCUT2D eigenvalue weighted by atomic mass is 10.1. The van der Waals surface area contributed by atoms with Crippen LogP contribution in [0.25, 0.3) is 11.0 Å². The molecule has 5 nitrogen and oxygen atoms in total. The Morgan fingerprint density at radius 1 is 1.10 bits per heavy atom. The molecule has 2 aromatic heterocycles. The van der Waals surface area contributed by atoms with Crippen molar-refractivity contribution < 1.29 is 4.79 Å². The molecule has 3 aromatic rings. The molecule has 1 aliphatic heterocycles. The molecule has 0 unspecified atom stereocenters. The number of carbonyl (C=O) groups excluding carboxylic acids is 1. The number of fused-ring (bicyclic) bond motifs is 1. The maximum absolute atomic E-state index is 13.3. The zero-order valence-corrected chi connectivity index (χ0v) is 18.1. The lowest BCUT2D eigenvalue weighted by molar-refractivity contribution is 0.0725. The van der Waals surface area contributed by atoms with Crippen molar-refractivity contribution in [3.63, 3.8) is 0 Å². The summed E-state index contributed by atoms with van der Waals surface area (Å²) >= 11 is 6.30. The second-order valence-corrected chi connectivity index (χ2v) is 7.67. The van der Waals surface area contributed by atoms with Crippen molar-refractivity contribution in [2.45, 2.75) is 33.1 Å². The topological polar surface area (TPSA) is 58.1 Å². The van der Waals surface area contributed by atoms with Crippen LogP contribution in [0.15, 0.2) is 36.5 Å². The lowest BCUT2D eigenvalue weighted by Gasteiger charge is -2.28. The number of halogens is 2. The molecule has 0 spiro atoms. The fourth-order valence-corrected chi connectivity index (χ4v) is 3.79. The molecule has 0 aliphatic carbocycles. The zero-order valence-electron chi connectivity index (χ0n) is 16.5. The van der Waals surface area contributed by atoms with Gasteiger partial charge in [0.05, 0.1) is 11.3 Å². The summed E-state index contributed by atoms with van der Waals surface area (Å²) in [6.45, 7) is 5.47. The Kier molecular flexibility index (Phi) is 6.60. The van der Waals surface area contributed by atoms with Gasteiger partial charge >= 0.3 is 0 Å². The van der Waals surface area contributed by atoms with Crippen LogP contribution in [0, 0.1) is 13.8 Å². The monoisotopic (exact) mass is 430 g/mol. The Bertz CT molecular complexity index is 1050. The molecule has 152 valence electrons. The second-order valence-electron chi connectivity index (χ2n) is 7.26. The highest BCUT2D eigenvalue weighted by Gasteiger charge is 2.23. The molecule has 0 atom stereocenters. The number of nitrogens with one attached hydrogen (secondary N) is 1. The summed E-state index contributed by atoms with van der Waals surface area (Å²) < 4.78 is 0. The van der Waals surface area contributed by atoms with Gasteiger partial charge in [0.2, 0.25) is 0 Å². The zero-order chi connectivity index (χ0) is 19.7. The Labute approximate surface area is 181 Å². The van der Waals surface area contributed by atoms with Gasteiger partial charge in [-0.3, -0.25) is 4.79 Å². The minimum Gasteiger partial charge on any atom is -0.354 e. The molecule has 1 saturated heterocycles. The molecular weight excluding hydrogens is 407 g/mol. The van der Waals surface area contributed by atoms with Gasteiger partial charge in [-0.2, -0.15) is 0 Å². The smallest absolute Gasteiger partial charge is 0.257 e. The third-order valence-corrected chi connectivity index (χ3v) is 5.68. The third kappa shape index (κ3) is 4.31. The Hall–Kier alpha value is -2.37. The van der Waals surface area contributed by atoms with E-state index in [4.69, 9.17) is 11.6 Å². The van der Waals surface area contributed by atoms with E-state index in [1.807, 2.05) is 49.1 Å². The number of piperidine rings is 1. The highest BCUT2D eigenvalue weighted by atomic mass is 35.5. The van der Waals surface area contributed by atoms with Gasteiger partial charge in [-0.1, -0.05) is 17.7 Å². The van der Waals surface area contributed by atoms with Crippen molar-refractivity contribution in [2.75, 3.05) is 18.4 Å². The number of pyridine rings is 2. The minimum absolute atomic E-state index is 0. The quantitative estimate of drug-likeness (QED) is 0.579. The summed E-state index contributed by atoms with van der Waals surface area (Å²) in [4.78, 5) is 24.2. The predicted molar refractivity (Wildman–Crippen MR) is 121 cm³/mol. The second kappa shape index (κ2) is 8.97. The van der Waals surface area contributed by atoms with Crippen molar-refractivity contribution in [3.05, 3.63) is 58.4 Å². The van der Waals surface area contributed by atoms with Gasteiger partial charge in [-0.25, -0.2) is 9.97 Å². The van der Waals surface area contributed by atoms with Gasteiger partial charge in [-0.05, 0) is 62.9 Å². The average Bonchev–Trinajstić information content (AvgIpc) is 2.71. The van der Waals surface area contributed by atoms with Crippen LogP contribution in [-0.4, -0.2) is 33.9 Å². The number of aryl methyl sites for hydroxylation is 1. The van der Waals surface area contributed by atoms with E-state index in [0.29, 0.717) is 16.2 Å². The highest BCUT2D eigenvalue weighted by Crippen LogP contribution is 2.33. The van der Waals surface area contributed by atoms with Crippen molar-refractivity contribution in [1.29, 1.82) is 0 Å². The van der Waals surface area contributed by atoms with Crippen LogP contribution in [0.5, 0.6) is 0 Å². The molecule has 7 heteroatoms. The first-order valence-corrected chi connectivity index (χ1v) is 10.00. The molecule has 1 fully saturated rings. The molecule has 1 amide bonds. The highest BCUT2D eigenvalue weighted by molar-refractivity contribution is 6.31. The molecule has 1 N–H and O–H groups in total. The number of hydrogen-bond donors (Lipinski definition) is 1. The van der Waals surface area contributed by atoms with Gasteiger partial charge in [0.15, 0.2) is 5.65 Å². The number of nitrogens with zero attached hydrogens (tertiary/aromatic N) is 3. The van der Waals surface area contributed by atoms with Crippen LogP contribution < -0.4 is 5.32 Å². The van der Waals surface area contributed by atoms with Crippen LogP contribution >= 0.6 is 24.0 Å². The standard InChI is InChI=1S/C22H23ClN4O.ClH/c1-14-9-10-16-20(26-19-8-6-7-18(23)15(19)2)17(13-24-21(16)25-14)22(28)27-11-4-3-5-12-27;/h6-10,13H,3-5,11-12H2,1-2H3,(H,24,25,26);1H. The van der Waals surface area contributed by atoms with Crippen molar-refractivity contribution in [3.8, 4) is 0 Å². The third-order valence-electron chi connectivity index (χ3n) is 5.27. The number of benzene rings is 1. The molecule has 0 bridgehead atoms. The van der Waals surface area contributed by atoms with Crippen LogP contribution in [0.4, 0.5) is 11.4 Å². The Balaban J connectivity index is 0.00000240. The summed E-state index contributed by atoms with van der Waals surface area (Å²) in [5.74, 6) is 0.0110. The van der Waals surface area contributed by atoms with E-state index in [1.165, 1.54) is 6.42 Å². The first kappa shape index (κ1) is 21.3. The summed E-state index contributed by atoms with van der Waals surface area (Å²) in [7, 11) is 0. The number of amides is 1. The molecule has 4 rings (SSSR count). The SMILES string of the molecule is Cc1ccc2c(Nc3cccc(Cl)c3C)c(C(=O)N3CCCCC3)cnc2n1.Cl. The van der Waals surface area contributed by atoms with Gasteiger partial charge in [0.1, 0.15) is 0 Å². The minimum atomic E-state index is 0. The van der Waals surface area contributed by atoms with E-state index in [9.17, 15) is 4.79 Å². The van der Waals surface area contributed by atoms with E-state index < -0.39 is 0 Å². The molecule has 0 saturated carbocycles. The van der Waals surface area contributed by atoms with Gasteiger partial charge < -0.3 is 10.2 Å². The Morgan fingerprint density at radius 2 is 1.86 bits per heavy atom. The molecule has 1 aromatic carbocycles. The van der Waals surface area contributed by atoms with Gasteiger partial charge in [0, 0.05) is 41.1 Å². The number of rotatable bonds is 3. The van der Waals surface area contributed by atoms with Crippen LogP contribution in [0.1, 0.15) is 40.9 Å². The van der Waals surface area contributed by atoms with Crippen LogP contribution in [0.2, 0.25) is 5.02 Å². The first-order valence-electron chi connectivity index (χ1n) is 9.62. The molecular formula is C22H24Cl2N4O. The number of carbonyl (C=O) groups is 1. The molecule has 1 aliphatic rings. The van der Waals surface area contributed by atoms with E-state index in [0.717, 1.165) is 53.9 Å². The summed E-state index contributed by atoms with van der Waals surface area (Å²) in [5.41, 5.74) is 4.62. The fourth-order valence-electron chi connectivity index (χ4n) is 3.61. The van der Waals surface area contributed by atoms with Crippen molar-refractivity contribution in [2.24, 2.45) is 0 Å². The first-order chi connectivity index (χ1) is 13.5. The number of anilines is 2. The fraction of sp³-hybridized carbons (Fsp3) is 0.318. The molecule has 3 heterocycles. The van der Waals surface area contributed by atoms with Crippen molar-refractivity contribution >= 4 is 52.3 Å². The van der Waals surface area contributed by atoms with E-state index >= 15 is 0 Å². The molecule has 29 heavy (non-hydrogen) atoms. The van der Waals surface area contributed by atoms with Crippen LogP contribution in [-0.2, 0) is 0 Å². The van der Waals surface area contributed by atoms with Gasteiger partial charge in [-0.15, -0.1) is 12.4 Å². The predicted octanol–water partition coefficient (Wildman–Crippen LogP) is 5.69. The van der Waals surface area contributed by atoms with Crippen molar-refractivity contribution in [1.82, 2.24) is 14.9 Å². The van der Waals surface area contributed by atoms with E-state index in [-0.39, 0.29) is 18.3 Å².